The molecular weight excluding hydrogens is 837 g/mol. The number of rotatable bonds is 19. The Balaban J connectivity index is 0.547. The van der Waals surface area contributed by atoms with Crippen LogP contribution in [0.5, 0.6) is 0 Å². The summed E-state index contributed by atoms with van der Waals surface area (Å²) in [5, 5.41) is 39.9. The lowest BCUT2D eigenvalue weighted by molar-refractivity contribution is 0.540. The molecule has 9 aromatic rings. The van der Waals surface area contributed by atoms with Gasteiger partial charge in [0.25, 0.3) is 0 Å². The minimum absolute atomic E-state index is 0.435. The Kier molecular flexibility index (Phi) is 11.6. The van der Waals surface area contributed by atoms with E-state index in [0.29, 0.717) is 24.9 Å². The standard InChI is InChI=1S/C58H54N10/c1-3-43-15-17-47-19-21-49(53-25-23-45(5-1)55(43)57(47)53)33-61-35-51-37-67(65-63-51)29-27-59-31-39-7-11-41(12-8-39)42-13-9-40(10-14-42)32-60-28-30-68-38-52(64-66-68)36-62-34-50-22-20-48-18-16-44-4-2-6-46-24-26-54(50)58(48)56(44)46/h1-26,37-38,43,55,59-62H,27-36H2. The van der Waals surface area contributed by atoms with E-state index in [1.807, 2.05) is 21.8 Å². The largest absolute Gasteiger partial charge is 0.311 e. The van der Waals surface area contributed by atoms with E-state index in [0.717, 1.165) is 63.7 Å². The first kappa shape index (κ1) is 42.0. The van der Waals surface area contributed by atoms with Gasteiger partial charge in [-0.1, -0.05) is 168 Å². The third-order valence-electron chi connectivity index (χ3n) is 14.0. The highest BCUT2D eigenvalue weighted by Gasteiger charge is 2.33. The summed E-state index contributed by atoms with van der Waals surface area (Å²) in [6.45, 7) is 7.63. The molecule has 0 amide bonds. The summed E-state index contributed by atoms with van der Waals surface area (Å²) >= 11 is 0. The van der Waals surface area contributed by atoms with Crippen LogP contribution in [-0.4, -0.2) is 43.1 Å². The van der Waals surface area contributed by atoms with Gasteiger partial charge in [0.2, 0.25) is 0 Å². The molecule has 0 bridgehead atoms. The summed E-state index contributed by atoms with van der Waals surface area (Å²) in [5.41, 5.74) is 15.1. The number of benzene rings is 7. The Labute approximate surface area is 396 Å². The summed E-state index contributed by atoms with van der Waals surface area (Å²) in [6, 6.07) is 42.2. The molecule has 2 aromatic heterocycles. The fourth-order valence-electron chi connectivity index (χ4n) is 10.5. The smallest absolute Gasteiger partial charge is 0.0964 e. The Morgan fingerprint density at radius 1 is 0.500 bits per heavy atom. The number of aromatic nitrogens is 6. The molecule has 4 N–H and O–H groups in total. The van der Waals surface area contributed by atoms with E-state index >= 15 is 0 Å². The van der Waals surface area contributed by atoms with Crippen LogP contribution in [0.3, 0.4) is 0 Å². The molecule has 2 heterocycles. The van der Waals surface area contributed by atoms with Crippen molar-refractivity contribution in [3.63, 3.8) is 0 Å². The number of nitrogens with zero attached hydrogens (tertiary/aromatic N) is 6. The zero-order chi connectivity index (χ0) is 45.2. The topological polar surface area (TPSA) is 110 Å². The summed E-state index contributed by atoms with van der Waals surface area (Å²) in [5.74, 6) is 0.881. The van der Waals surface area contributed by atoms with Crippen molar-refractivity contribution >= 4 is 44.5 Å². The van der Waals surface area contributed by atoms with Crippen molar-refractivity contribution in [1.29, 1.82) is 0 Å². The third-order valence-corrected chi connectivity index (χ3v) is 14.0. The maximum atomic E-state index is 4.44. The lowest BCUT2D eigenvalue weighted by Crippen LogP contribution is -2.22. The van der Waals surface area contributed by atoms with Crippen LogP contribution in [-0.2, 0) is 52.4 Å². The van der Waals surface area contributed by atoms with Gasteiger partial charge in [-0.3, -0.25) is 9.36 Å². The van der Waals surface area contributed by atoms with E-state index in [9.17, 15) is 0 Å². The number of hydrogen-bond donors (Lipinski definition) is 4. The van der Waals surface area contributed by atoms with Crippen molar-refractivity contribution in [2.45, 2.75) is 58.3 Å². The number of hydrogen-bond acceptors (Lipinski definition) is 8. The second-order valence-corrected chi connectivity index (χ2v) is 18.4. The highest BCUT2D eigenvalue weighted by Crippen LogP contribution is 2.47. The Morgan fingerprint density at radius 2 is 1.10 bits per heavy atom. The molecule has 68 heavy (non-hydrogen) atoms. The monoisotopic (exact) mass is 890 g/mol. The highest BCUT2D eigenvalue weighted by molar-refractivity contribution is 6.23. The van der Waals surface area contributed by atoms with E-state index in [2.05, 4.69) is 200 Å². The second kappa shape index (κ2) is 18.7. The molecule has 3 aliphatic carbocycles. The first-order chi connectivity index (χ1) is 33.7. The van der Waals surface area contributed by atoms with E-state index in [4.69, 9.17) is 0 Å². The van der Waals surface area contributed by atoms with Crippen molar-refractivity contribution in [2.75, 3.05) is 13.1 Å². The van der Waals surface area contributed by atoms with Gasteiger partial charge in [0.05, 0.1) is 24.5 Å². The summed E-state index contributed by atoms with van der Waals surface area (Å²) in [7, 11) is 0. The van der Waals surface area contributed by atoms with E-state index in [-0.39, 0.29) is 0 Å². The van der Waals surface area contributed by atoms with Crippen molar-refractivity contribution in [3.8, 4) is 11.1 Å². The molecule has 3 aliphatic rings. The van der Waals surface area contributed by atoms with Gasteiger partial charge in [-0.25, -0.2) is 0 Å². The molecule has 0 aliphatic heterocycles. The highest BCUT2D eigenvalue weighted by atomic mass is 15.4. The molecule has 12 rings (SSSR count). The van der Waals surface area contributed by atoms with E-state index in [1.54, 1.807) is 0 Å². The SMILES string of the molecule is C1=CC2C=Cc3ccc(CNCc4cn(CCNCc5ccc(-c6ccc(CNCCn7cc(CNCc8ccc9ccc%10cccc%11ccc8c9c%10%11)nn7)cc6)cc5)nn4)c4c3C2C(=C1)C=C4. The van der Waals surface area contributed by atoms with Crippen LogP contribution in [0.4, 0.5) is 0 Å². The van der Waals surface area contributed by atoms with Gasteiger partial charge in [0.1, 0.15) is 0 Å². The normalized spacial score (nSPS) is 15.8. The van der Waals surface area contributed by atoms with Crippen LogP contribution in [0.15, 0.2) is 164 Å². The Morgan fingerprint density at radius 3 is 1.78 bits per heavy atom. The minimum atomic E-state index is 0.435. The molecular formula is C58H54N10. The number of allylic oxidation sites excluding steroid dienone is 6. The van der Waals surface area contributed by atoms with E-state index < -0.39 is 0 Å². The van der Waals surface area contributed by atoms with Crippen molar-refractivity contribution in [3.05, 3.63) is 214 Å². The van der Waals surface area contributed by atoms with Gasteiger partial charge in [-0.15, -0.1) is 10.2 Å². The van der Waals surface area contributed by atoms with Crippen LogP contribution < -0.4 is 21.3 Å². The second-order valence-electron chi connectivity index (χ2n) is 18.4. The van der Waals surface area contributed by atoms with Gasteiger partial charge in [0.15, 0.2) is 0 Å². The Bertz CT molecular complexity index is 3360. The zero-order valence-electron chi connectivity index (χ0n) is 38.1. The predicted octanol–water partition coefficient (Wildman–Crippen LogP) is 9.84. The molecule has 10 nitrogen and oxygen atoms in total. The maximum Gasteiger partial charge on any atom is 0.0964 e. The first-order valence-corrected chi connectivity index (χ1v) is 24.0. The maximum absolute atomic E-state index is 4.44. The zero-order valence-corrected chi connectivity index (χ0v) is 38.1. The molecule has 0 saturated carbocycles. The predicted molar refractivity (Wildman–Crippen MR) is 275 cm³/mol. The van der Waals surface area contributed by atoms with Crippen molar-refractivity contribution in [2.24, 2.45) is 5.92 Å². The molecule has 2 unspecified atom stereocenters. The average molecular weight is 891 g/mol. The first-order valence-electron chi connectivity index (χ1n) is 24.0. The molecule has 7 aromatic carbocycles. The van der Waals surface area contributed by atoms with Crippen LogP contribution in [0.2, 0.25) is 0 Å². The Hall–Kier alpha value is -7.34. The van der Waals surface area contributed by atoms with E-state index in [1.165, 1.54) is 88.0 Å². The van der Waals surface area contributed by atoms with Gasteiger partial charge in [-0.05, 0) is 88.0 Å². The fourth-order valence-corrected chi connectivity index (χ4v) is 10.5. The molecule has 0 radical (unpaired) electrons. The van der Waals surface area contributed by atoms with Crippen LogP contribution >= 0.6 is 0 Å². The van der Waals surface area contributed by atoms with Gasteiger partial charge in [0, 0.05) is 76.6 Å². The van der Waals surface area contributed by atoms with Crippen LogP contribution in [0.1, 0.15) is 56.2 Å². The van der Waals surface area contributed by atoms with Gasteiger partial charge >= 0.3 is 0 Å². The molecule has 0 fully saturated rings. The minimum Gasteiger partial charge on any atom is -0.311 e. The molecule has 2 atom stereocenters. The lowest BCUT2D eigenvalue weighted by Gasteiger charge is -2.35. The molecule has 10 heteroatoms. The van der Waals surface area contributed by atoms with Crippen LogP contribution in [0, 0.1) is 5.92 Å². The summed E-state index contributed by atoms with van der Waals surface area (Å²) in [6.07, 6.45) is 20.1. The molecule has 336 valence electrons. The van der Waals surface area contributed by atoms with Gasteiger partial charge in [-0.2, -0.15) is 0 Å². The van der Waals surface area contributed by atoms with Crippen molar-refractivity contribution < 1.29 is 0 Å². The number of nitrogens with one attached hydrogen (secondary N) is 4. The quantitative estimate of drug-likeness (QED) is 0.0470. The van der Waals surface area contributed by atoms with Crippen LogP contribution in [0.25, 0.3) is 55.6 Å². The third kappa shape index (κ3) is 8.59. The average Bonchev–Trinajstić information content (AvgIpc) is 4.05. The van der Waals surface area contributed by atoms with Gasteiger partial charge < -0.3 is 21.3 Å². The fraction of sp³-hybridized carbons (Fsp3) is 0.207. The van der Waals surface area contributed by atoms with Crippen molar-refractivity contribution in [1.82, 2.24) is 51.3 Å². The summed E-state index contributed by atoms with van der Waals surface area (Å²) in [4.78, 5) is 0. The molecule has 0 saturated heterocycles. The summed E-state index contributed by atoms with van der Waals surface area (Å²) < 4.78 is 3.85. The molecule has 0 spiro atoms. The lowest BCUT2D eigenvalue weighted by atomic mass is 9.68.